The van der Waals surface area contributed by atoms with Gasteiger partial charge in [0.15, 0.2) is 0 Å². The van der Waals surface area contributed by atoms with Crippen molar-refractivity contribution in [3.05, 3.63) is 241 Å². The highest BCUT2D eigenvalue weighted by atomic mass is 15.1. The molecule has 4 aliphatic rings. The van der Waals surface area contributed by atoms with Gasteiger partial charge in [-0.1, -0.05) is 197 Å². The van der Waals surface area contributed by atoms with Gasteiger partial charge in [-0.25, -0.2) is 0 Å². The van der Waals surface area contributed by atoms with Crippen LogP contribution in [0.4, 0.5) is 17.1 Å². The summed E-state index contributed by atoms with van der Waals surface area (Å²) in [5.74, 6) is 0. The number of fused-ring (bicyclic) bond motifs is 11. The topological polar surface area (TPSA) is 8.17 Å². The van der Waals surface area contributed by atoms with Crippen LogP contribution in [-0.4, -0.2) is 4.57 Å². The van der Waals surface area contributed by atoms with E-state index in [-0.39, 0.29) is 10.8 Å². The lowest BCUT2D eigenvalue weighted by Gasteiger charge is -2.36. The van der Waals surface area contributed by atoms with Gasteiger partial charge in [0.25, 0.3) is 0 Å². The summed E-state index contributed by atoms with van der Waals surface area (Å²) in [7, 11) is 0. The second kappa shape index (κ2) is 15.1. The molecule has 11 aromatic rings. The van der Waals surface area contributed by atoms with E-state index in [4.69, 9.17) is 0 Å². The van der Waals surface area contributed by atoms with Crippen molar-refractivity contribution in [2.24, 2.45) is 0 Å². The van der Waals surface area contributed by atoms with E-state index in [0.717, 1.165) is 17.1 Å². The number of rotatable bonds is 6. The van der Waals surface area contributed by atoms with Gasteiger partial charge in [-0.15, -0.1) is 0 Å². The maximum atomic E-state index is 2.61. The number of hydrogen-bond acceptors (Lipinski definition) is 1. The number of aromatic nitrogens is 1. The predicted molar refractivity (Wildman–Crippen MR) is 298 cm³/mol. The standard InChI is InChI=1S/C69H52N2/c1-68(2)59-26-11-9-23-53(59)57-43-50(34-36-60(57)68)70(48-32-29-45(30-33-48)44-17-5-3-6-18-44)49-20-15-19-46(41-49)51-21-7-8-22-52(51)47-31-38-64-58(42-47)55-25-16-27-61-65(55)66-62(69(61)39-13-4-14-40-69)37-35-56-54-24-10-12-28-63(54)71(64)67(56)66/h3,5-12,15-38,41-43H,4,13-14,39-40H2,1-2H3. The monoisotopic (exact) mass is 908 g/mol. The van der Waals surface area contributed by atoms with Crippen molar-refractivity contribution in [2.45, 2.75) is 56.8 Å². The fraction of sp³-hybridized carbons (Fsp3) is 0.130. The van der Waals surface area contributed by atoms with Crippen LogP contribution in [0.15, 0.2) is 218 Å². The Morgan fingerprint density at radius 1 is 0.366 bits per heavy atom. The van der Waals surface area contributed by atoms with Crippen molar-refractivity contribution in [2.75, 3.05) is 4.90 Å². The first kappa shape index (κ1) is 40.7. The molecule has 338 valence electrons. The van der Waals surface area contributed by atoms with Crippen LogP contribution < -0.4 is 4.90 Å². The zero-order valence-electron chi connectivity index (χ0n) is 40.2. The first-order chi connectivity index (χ1) is 35.0. The summed E-state index contributed by atoms with van der Waals surface area (Å²) in [5.41, 5.74) is 28.6. The molecule has 2 heterocycles. The number of nitrogens with zero attached hydrogens (tertiary/aromatic N) is 2. The van der Waals surface area contributed by atoms with Crippen molar-refractivity contribution in [1.82, 2.24) is 4.57 Å². The minimum atomic E-state index is -0.0704. The summed E-state index contributed by atoms with van der Waals surface area (Å²) in [6.07, 6.45) is 6.32. The van der Waals surface area contributed by atoms with E-state index in [9.17, 15) is 0 Å². The molecule has 10 aromatic carbocycles. The predicted octanol–water partition coefficient (Wildman–Crippen LogP) is 18.8. The quantitative estimate of drug-likeness (QED) is 0.161. The molecule has 1 aliphatic heterocycles. The van der Waals surface area contributed by atoms with Gasteiger partial charge in [0.05, 0.1) is 16.7 Å². The summed E-state index contributed by atoms with van der Waals surface area (Å²) >= 11 is 0. The molecule has 3 aliphatic carbocycles. The number of benzene rings is 10. The smallest absolute Gasteiger partial charge is 0.0623 e. The Morgan fingerprint density at radius 3 is 1.79 bits per heavy atom. The SMILES string of the molecule is CC1(C)c2ccccc2-c2cc(N(c3ccc(-c4ccccc4)cc3)c3cccc(-c4ccccc4-c4ccc5c(c4)-c4cccc6c4-c4c(ccc7c8ccccc8n-5c47)C64CCCCC4)c3)ccc21. The number of hydrogen-bond donors (Lipinski definition) is 0. The lowest BCUT2D eigenvalue weighted by Crippen LogP contribution is -2.28. The largest absolute Gasteiger partial charge is 0.310 e. The summed E-state index contributed by atoms with van der Waals surface area (Å²) in [6.45, 7) is 4.72. The average molecular weight is 909 g/mol. The molecule has 2 nitrogen and oxygen atoms in total. The van der Waals surface area contributed by atoms with Crippen LogP contribution in [0.1, 0.15) is 68.2 Å². The van der Waals surface area contributed by atoms with Gasteiger partial charge in [-0.05, 0) is 145 Å². The molecule has 2 heteroatoms. The minimum absolute atomic E-state index is 0.0693. The third kappa shape index (κ3) is 5.76. The molecule has 0 atom stereocenters. The molecule has 0 bridgehead atoms. The van der Waals surface area contributed by atoms with Gasteiger partial charge in [-0.3, -0.25) is 0 Å². The molecular formula is C69H52N2. The van der Waals surface area contributed by atoms with Crippen molar-refractivity contribution in [1.29, 1.82) is 0 Å². The molecule has 0 N–H and O–H groups in total. The van der Waals surface area contributed by atoms with Gasteiger partial charge < -0.3 is 9.47 Å². The highest BCUT2D eigenvalue weighted by molar-refractivity contribution is 6.19. The van der Waals surface area contributed by atoms with E-state index in [1.807, 2.05) is 0 Å². The molecule has 0 radical (unpaired) electrons. The molecule has 1 saturated carbocycles. The first-order valence-electron chi connectivity index (χ1n) is 25.7. The van der Waals surface area contributed by atoms with E-state index in [2.05, 4.69) is 242 Å². The molecule has 0 amide bonds. The highest BCUT2D eigenvalue weighted by Gasteiger charge is 2.47. The molecular weight excluding hydrogens is 857 g/mol. The van der Waals surface area contributed by atoms with Gasteiger partial charge in [0, 0.05) is 49.8 Å². The van der Waals surface area contributed by atoms with Crippen LogP contribution in [0.2, 0.25) is 0 Å². The summed E-state index contributed by atoms with van der Waals surface area (Å²) in [4.78, 5) is 2.45. The van der Waals surface area contributed by atoms with E-state index in [1.165, 1.54) is 137 Å². The Balaban J connectivity index is 0.895. The second-order valence-corrected chi connectivity index (χ2v) is 21.1. The normalized spacial score (nSPS) is 15.1. The molecule has 0 unspecified atom stereocenters. The van der Waals surface area contributed by atoms with Gasteiger partial charge in [0.2, 0.25) is 0 Å². The summed E-state index contributed by atoms with van der Waals surface area (Å²) < 4.78 is 2.61. The maximum Gasteiger partial charge on any atom is 0.0623 e. The first-order valence-corrected chi connectivity index (χ1v) is 25.7. The van der Waals surface area contributed by atoms with Crippen molar-refractivity contribution in [3.63, 3.8) is 0 Å². The van der Waals surface area contributed by atoms with Gasteiger partial charge in [0.1, 0.15) is 0 Å². The molecule has 15 rings (SSSR count). The van der Waals surface area contributed by atoms with Crippen LogP contribution in [0.3, 0.4) is 0 Å². The van der Waals surface area contributed by atoms with E-state index < -0.39 is 0 Å². The Bertz CT molecular complexity index is 3990. The average Bonchev–Trinajstić information content (AvgIpc) is 3.97. The van der Waals surface area contributed by atoms with E-state index in [1.54, 1.807) is 11.1 Å². The zero-order valence-corrected chi connectivity index (χ0v) is 40.2. The fourth-order valence-corrected chi connectivity index (χ4v) is 13.9. The molecule has 1 aromatic heterocycles. The lowest BCUT2D eigenvalue weighted by molar-refractivity contribution is 0.353. The van der Waals surface area contributed by atoms with Crippen molar-refractivity contribution in [3.8, 4) is 72.4 Å². The number of para-hydroxylation sites is 1. The highest BCUT2D eigenvalue weighted by Crippen LogP contribution is 2.62. The molecule has 1 spiro atoms. The van der Waals surface area contributed by atoms with Crippen molar-refractivity contribution < 1.29 is 0 Å². The zero-order chi connectivity index (χ0) is 47.0. The van der Waals surface area contributed by atoms with Gasteiger partial charge in [-0.2, -0.15) is 0 Å². The Kier molecular flexibility index (Phi) is 8.68. The van der Waals surface area contributed by atoms with Crippen LogP contribution in [0, 0.1) is 0 Å². The van der Waals surface area contributed by atoms with Gasteiger partial charge >= 0.3 is 0 Å². The Labute approximate surface area is 416 Å². The summed E-state index contributed by atoms with van der Waals surface area (Å²) in [6, 6.07) is 82.6. The third-order valence-electron chi connectivity index (χ3n) is 17.1. The fourth-order valence-electron chi connectivity index (χ4n) is 13.9. The van der Waals surface area contributed by atoms with Crippen LogP contribution in [0.5, 0.6) is 0 Å². The van der Waals surface area contributed by atoms with E-state index >= 15 is 0 Å². The van der Waals surface area contributed by atoms with E-state index in [0.29, 0.717) is 0 Å². The third-order valence-corrected chi connectivity index (χ3v) is 17.1. The molecule has 0 saturated heterocycles. The number of anilines is 3. The molecule has 1 fully saturated rings. The van der Waals surface area contributed by atoms with Crippen LogP contribution in [-0.2, 0) is 10.8 Å². The molecule has 71 heavy (non-hydrogen) atoms. The Morgan fingerprint density at radius 2 is 0.958 bits per heavy atom. The van der Waals surface area contributed by atoms with Crippen LogP contribution in [0.25, 0.3) is 94.3 Å². The maximum absolute atomic E-state index is 2.61. The van der Waals surface area contributed by atoms with Crippen LogP contribution >= 0.6 is 0 Å². The summed E-state index contributed by atoms with van der Waals surface area (Å²) in [5, 5.41) is 2.68. The lowest BCUT2D eigenvalue weighted by atomic mass is 9.67. The second-order valence-electron chi connectivity index (χ2n) is 21.1. The Hall–Kier alpha value is -8.20. The van der Waals surface area contributed by atoms with Crippen molar-refractivity contribution >= 4 is 38.9 Å². The minimum Gasteiger partial charge on any atom is -0.310 e.